The van der Waals surface area contributed by atoms with Gasteiger partial charge in [0.05, 0.1) is 13.0 Å². The molecule has 0 saturated carbocycles. The minimum atomic E-state index is -0.201. The molecule has 0 aliphatic heterocycles. The van der Waals surface area contributed by atoms with Crippen LogP contribution in [0.1, 0.15) is 18.1 Å². The number of hydrogen-bond donors (Lipinski definition) is 1. The summed E-state index contributed by atoms with van der Waals surface area (Å²) in [5.41, 5.74) is 2.01. The molecule has 0 aromatic heterocycles. The van der Waals surface area contributed by atoms with Gasteiger partial charge in [-0.05, 0) is 24.5 Å². The van der Waals surface area contributed by atoms with Gasteiger partial charge in [0, 0.05) is 6.61 Å². The summed E-state index contributed by atoms with van der Waals surface area (Å²) in [4.78, 5) is 11.2. The molecule has 0 fully saturated rings. The molecule has 0 amide bonds. The predicted molar refractivity (Wildman–Crippen MR) is 57.6 cm³/mol. The summed E-state index contributed by atoms with van der Waals surface area (Å²) in [5, 5.41) is 8.73. The summed E-state index contributed by atoms with van der Waals surface area (Å²) in [5.74, 6) is -0.201. The topological polar surface area (TPSA) is 46.5 Å². The molecule has 0 atom stereocenters. The first-order chi connectivity index (χ1) is 7.26. The van der Waals surface area contributed by atoms with Gasteiger partial charge in [-0.25, -0.2) is 0 Å². The van der Waals surface area contributed by atoms with Gasteiger partial charge < -0.3 is 9.84 Å². The first kappa shape index (κ1) is 11.7. The van der Waals surface area contributed by atoms with Crippen molar-refractivity contribution in [1.82, 2.24) is 0 Å². The Balaban J connectivity index is 2.52. The van der Waals surface area contributed by atoms with Gasteiger partial charge in [0.2, 0.25) is 0 Å². The van der Waals surface area contributed by atoms with Crippen LogP contribution in [0.4, 0.5) is 0 Å². The smallest absolute Gasteiger partial charge is 0.310 e. The zero-order chi connectivity index (χ0) is 11.1. The molecule has 0 unspecified atom stereocenters. The van der Waals surface area contributed by atoms with E-state index in [4.69, 9.17) is 9.84 Å². The molecule has 0 radical (unpaired) electrons. The quantitative estimate of drug-likeness (QED) is 0.742. The van der Waals surface area contributed by atoms with Crippen molar-refractivity contribution in [2.45, 2.75) is 19.8 Å². The molecule has 0 bridgehead atoms. The van der Waals surface area contributed by atoms with Crippen LogP contribution in [0.15, 0.2) is 24.3 Å². The van der Waals surface area contributed by atoms with Crippen LogP contribution >= 0.6 is 0 Å². The Kier molecular flexibility index (Phi) is 4.84. The monoisotopic (exact) mass is 208 g/mol. The van der Waals surface area contributed by atoms with E-state index in [2.05, 4.69) is 0 Å². The molecular formula is C12H16O3. The zero-order valence-corrected chi connectivity index (χ0v) is 8.90. The molecule has 0 aliphatic carbocycles. The van der Waals surface area contributed by atoms with E-state index in [0.29, 0.717) is 19.4 Å². The number of benzene rings is 1. The second-order valence-electron chi connectivity index (χ2n) is 3.27. The molecule has 3 nitrogen and oxygen atoms in total. The molecule has 0 aliphatic rings. The number of hydrogen-bond acceptors (Lipinski definition) is 3. The van der Waals surface area contributed by atoms with Crippen LogP contribution in [0, 0.1) is 0 Å². The van der Waals surface area contributed by atoms with E-state index in [0.717, 1.165) is 11.1 Å². The number of aliphatic hydroxyl groups is 1. The number of aliphatic hydroxyl groups excluding tert-OH is 1. The van der Waals surface area contributed by atoms with E-state index in [9.17, 15) is 4.79 Å². The second kappa shape index (κ2) is 6.19. The molecule has 0 saturated heterocycles. The summed E-state index contributed by atoms with van der Waals surface area (Å²) in [7, 11) is 0. The van der Waals surface area contributed by atoms with Crippen LogP contribution in [-0.4, -0.2) is 24.3 Å². The van der Waals surface area contributed by atoms with Gasteiger partial charge in [0.25, 0.3) is 0 Å². The highest BCUT2D eigenvalue weighted by atomic mass is 16.5. The number of rotatable bonds is 5. The average Bonchev–Trinajstić information content (AvgIpc) is 2.22. The predicted octanol–water partition coefficient (Wildman–Crippen LogP) is 1.33. The first-order valence-corrected chi connectivity index (χ1v) is 5.10. The lowest BCUT2D eigenvalue weighted by molar-refractivity contribution is -0.142. The summed E-state index contributed by atoms with van der Waals surface area (Å²) < 4.78 is 4.84. The molecule has 1 aromatic carbocycles. The van der Waals surface area contributed by atoms with E-state index >= 15 is 0 Å². The second-order valence-corrected chi connectivity index (χ2v) is 3.27. The van der Waals surface area contributed by atoms with Crippen molar-refractivity contribution >= 4 is 5.97 Å². The van der Waals surface area contributed by atoms with E-state index in [1.165, 1.54) is 0 Å². The zero-order valence-electron chi connectivity index (χ0n) is 8.90. The fourth-order valence-electron chi connectivity index (χ4n) is 1.33. The molecular weight excluding hydrogens is 192 g/mol. The standard InChI is InChI=1S/C12H16O3/c1-2-15-12(14)9-11-5-3-10(4-6-11)7-8-13/h3-6,13H,2,7-9H2,1H3. The summed E-state index contributed by atoms with van der Waals surface area (Å²) in [6.45, 7) is 2.36. The molecule has 1 N–H and O–H groups in total. The van der Waals surface area contributed by atoms with E-state index in [-0.39, 0.29) is 12.6 Å². The summed E-state index contributed by atoms with van der Waals surface area (Å²) in [6, 6.07) is 7.62. The third kappa shape index (κ3) is 4.13. The van der Waals surface area contributed by atoms with Crippen molar-refractivity contribution in [3.63, 3.8) is 0 Å². The Morgan fingerprint density at radius 3 is 2.40 bits per heavy atom. The fourth-order valence-corrected chi connectivity index (χ4v) is 1.33. The minimum Gasteiger partial charge on any atom is -0.466 e. The van der Waals surface area contributed by atoms with Crippen molar-refractivity contribution in [2.24, 2.45) is 0 Å². The van der Waals surface area contributed by atoms with Gasteiger partial charge in [-0.2, -0.15) is 0 Å². The fraction of sp³-hybridized carbons (Fsp3) is 0.417. The van der Waals surface area contributed by atoms with Crippen LogP contribution in [0.25, 0.3) is 0 Å². The van der Waals surface area contributed by atoms with Crippen LogP contribution < -0.4 is 0 Å². The van der Waals surface area contributed by atoms with Crippen molar-refractivity contribution in [3.05, 3.63) is 35.4 Å². The van der Waals surface area contributed by atoms with Crippen LogP contribution in [0.2, 0.25) is 0 Å². The van der Waals surface area contributed by atoms with Gasteiger partial charge in [0.1, 0.15) is 0 Å². The molecule has 15 heavy (non-hydrogen) atoms. The van der Waals surface area contributed by atoms with Gasteiger partial charge >= 0.3 is 5.97 Å². The SMILES string of the molecule is CCOC(=O)Cc1ccc(CCO)cc1. The lowest BCUT2D eigenvalue weighted by Gasteiger charge is -2.03. The Labute approximate surface area is 89.7 Å². The largest absolute Gasteiger partial charge is 0.466 e. The Morgan fingerprint density at radius 1 is 1.27 bits per heavy atom. The highest BCUT2D eigenvalue weighted by molar-refractivity contribution is 5.72. The van der Waals surface area contributed by atoms with Gasteiger partial charge in [-0.3, -0.25) is 4.79 Å². The van der Waals surface area contributed by atoms with Crippen LogP contribution in [0.3, 0.4) is 0 Å². The first-order valence-electron chi connectivity index (χ1n) is 5.10. The highest BCUT2D eigenvalue weighted by Gasteiger charge is 2.03. The van der Waals surface area contributed by atoms with Crippen molar-refractivity contribution in [2.75, 3.05) is 13.2 Å². The minimum absolute atomic E-state index is 0.150. The number of carbonyl (C=O) groups excluding carboxylic acids is 1. The number of esters is 1. The number of ether oxygens (including phenoxy) is 1. The molecule has 3 heteroatoms. The van der Waals surface area contributed by atoms with E-state index < -0.39 is 0 Å². The maximum absolute atomic E-state index is 11.2. The molecule has 1 rings (SSSR count). The maximum atomic E-state index is 11.2. The lowest BCUT2D eigenvalue weighted by Crippen LogP contribution is -2.07. The van der Waals surface area contributed by atoms with Crippen LogP contribution in [0.5, 0.6) is 0 Å². The molecule has 0 spiro atoms. The lowest BCUT2D eigenvalue weighted by atomic mass is 10.1. The average molecular weight is 208 g/mol. The normalized spacial score (nSPS) is 10.0. The van der Waals surface area contributed by atoms with Crippen molar-refractivity contribution in [3.8, 4) is 0 Å². The third-order valence-corrected chi connectivity index (χ3v) is 2.08. The summed E-state index contributed by atoms with van der Waals surface area (Å²) >= 11 is 0. The van der Waals surface area contributed by atoms with Crippen molar-refractivity contribution < 1.29 is 14.6 Å². The highest BCUT2D eigenvalue weighted by Crippen LogP contribution is 2.06. The van der Waals surface area contributed by atoms with Gasteiger partial charge in [-0.15, -0.1) is 0 Å². The Hall–Kier alpha value is -1.35. The van der Waals surface area contributed by atoms with Crippen molar-refractivity contribution in [1.29, 1.82) is 0 Å². The Bertz CT molecular complexity index is 303. The van der Waals surface area contributed by atoms with E-state index in [1.807, 2.05) is 24.3 Å². The third-order valence-electron chi connectivity index (χ3n) is 2.08. The van der Waals surface area contributed by atoms with Gasteiger partial charge in [0.15, 0.2) is 0 Å². The number of carbonyl (C=O) groups is 1. The Morgan fingerprint density at radius 2 is 1.87 bits per heavy atom. The van der Waals surface area contributed by atoms with Gasteiger partial charge in [-0.1, -0.05) is 24.3 Å². The van der Waals surface area contributed by atoms with Crippen LogP contribution in [-0.2, 0) is 22.4 Å². The molecule has 82 valence electrons. The molecule has 1 aromatic rings. The maximum Gasteiger partial charge on any atom is 0.310 e. The van der Waals surface area contributed by atoms with E-state index in [1.54, 1.807) is 6.92 Å². The summed E-state index contributed by atoms with van der Waals surface area (Å²) in [6.07, 6.45) is 0.965. The molecule has 0 heterocycles.